The van der Waals surface area contributed by atoms with Crippen molar-refractivity contribution < 1.29 is 9.59 Å². The maximum Gasteiger partial charge on any atom is 0.241 e. The number of carbonyl (C=O) groups is 2. The van der Waals surface area contributed by atoms with Crippen molar-refractivity contribution in [2.75, 3.05) is 24.1 Å². The van der Waals surface area contributed by atoms with Crippen molar-refractivity contribution in [3.05, 3.63) is 70.9 Å². The zero-order chi connectivity index (χ0) is 40.5. The monoisotopic (exact) mass is 783 g/mol. The van der Waals surface area contributed by atoms with Gasteiger partial charge in [-0.25, -0.2) is 0 Å². The van der Waals surface area contributed by atoms with Crippen LogP contribution in [-0.4, -0.2) is 71.4 Å². The first-order chi connectivity index (χ1) is 28.0. The van der Waals surface area contributed by atoms with E-state index in [1.807, 2.05) is 49.9 Å². The summed E-state index contributed by atoms with van der Waals surface area (Å²) in [6.07, 6.45) is 14.8. The quantitative estimate of drug-likeness (QED) is 0.0985. The molecular formula is C47H61N9O2. The summed E-state index contributed by atoms with van der Waals surface area (Å²) in [6.45, 7) is 9.44. The third kappa shape index (κ3) is 6.45. The van der Waals surface area contributed by atoms with Gasteiger partial charge in [-0.15, -0.1) is 0 Å². The van der Waals surface area contributed by atoms with Crippen LogP contribution >= 0.6 is 0 Å². The normalized spacial score (nSPS) is 23.8. The number of aliphatic imine (C=N–C) groups is 1. The Morgan fingerprint density at radius 3 is 2.21 bits per heavy atom. The Labute approximate surface area is 343 Å². The van der Waals surface area contributed by atoms with Crippen LogP contribution in [0.1, 0.15) is 108 Å². The Hall–Kier alpha value is -4.87. The van der Waals surface area contributed by atoms with E-state index < -0.39 is 12.1 Å². The number of benzene rings is 3. The minimum atomic E-state index is -0.508. The fourth-order valence-electron chi connectivity index (χ4n) is 10.8. The number of rotatable bonds is 10. The van der Waals surface area contributed by atoms with Crippen LogP contribution in [0.15, 0.2) is 53.7 Å². The van der Waals surface area contributed by atoms with Gasteiger partial charge in [0.05, 0.1) is 40.9 Å². The van der Waals surface area contributed by atoms with E-state index in [1.54, 1.807) is 0 Å². The van der Waals surface area contributed by atoms with Gasteiger partial charge in [-0.2, -0.15) is 0 Å². The maximum atomic E-state index is 13.3. The van der Waals surface area contributed by atoms with Crippen molar-refractivity contribution in [2.45, 2.75) is 128 Å². The lowest BCUT2D eigenvalue weighted by atomic mass is 9.75. The molecule has 3 aromatic carbocycles. The first kappa shape index (κ1) is 38.6. The molecule has 4 aliphatic heterocycles. The lowest BCUT2D eigenvalue weighted by Crippen LogP contribution is -2.55. The lowest BCUT2D eigenvalue weighted by molar-refractivity contribution is -0.135. The van der Waals surface area contributed by atoms with Gasteiger partial charge in [-0.3, -0.25) is 14.6 Å². The molecule has 9 N–H and O–H groups in total. The number of nitrogens with one attached hydrogen (secondary N) is 3. The van der Waals surface area contributed by atoms with Crippen molar-refractivity contribution in [3.63, 3.8) is 0 Å². The van der Waals surface area contributed by atoms with Crippen LogP contribution in [0.5, 0.6) is 0 Å². The second-order valence-electron chi connectivity index (χ2n) is 18.4. The first-order valence-corrected chi connectivity index (χ1v) is 21.9. The third-order valence-electron chi connectivity index (χ3n) is 14.3. The van der Waals surface area contributed by atoms with Crippen molar-refractivity contribution in [3.8, 4) is 22.3 Å². The molecule has 2 saturated heterocycles. The van der Waals surface area contributed by atoms with Gasteiger partial charge in [0.1, 0.15) is 12.3 Å². The highest BCUT2D eigenvalue weighted by molar-refractivity contribution is 6.07. The fraction of sp³-hybridized carbons (Fsp3) is 0.511. The summed E-state index contributed by atoms with van der Waals surface area (Å²) < 4.78 is 0. The van der Waals surface area contributed by atoms with Crippen molar-refractivity contribution >= 4 is 40.8 Å². The number of hydrogen-bond donors (Lipinski definition) is 6. The Morgan fingerprint density at radius 1 is 0.828 bits per heavy atom. The number of anilines is 2. The molecule has 4 heterocycles. The van der Waals surface area contributed by atoms with Crippen LogP contribution in [-0.2, 0) is 21.4 Å². The fourth-order valence-corrected chi connectivity index (χ4v) is 10.8. The van der Waals surface area contributed by atoms with E-state index >= 15 is 0 Å². The molecule has 3 aromatic rings. The molecule has 0 aromatic heterocycles. The topological polar surface area (TPSA) is 167 Å². The third-order valence-corrected chi connectivity index (χ3v) is 14.3. The number of nitrogens with zero attached hydrogens (tertiary/aromatic N) is 3. The summed E-state index contributed by atoms with van der Waals surface area (Å²) in [7, 11) is 0. The summed E-state index contributed by atoms with van der Waals surface area (Å²) in [6, 6.07) is 14.6. The molecule has 1 saturated carbocycles. The molecule has 306 valence electrons. The highest BCUT2D eigenvalue weighted by Crippen LogP contribution is 2.56. The summed E-state index contributed by atoms with van der Waals surface area (Å²) in [5.74, 6) is 0.217. The average Bonchev–Trinajstić information content (AvgIpc) is 4.06. The molecule has 1 unspecified atom stereocenters. The van der Waals surface area contributed by atoms with Crippen molar-refractivity contribution in [2.24, 2.45) is 28.3 Å². The molecule has 58 heavy (non-hydrogen) atoms. The highest BCUT2D eigenvalue weighted by atomic mass is 16.2. The second kappa shape index (κ2) is 15.1. The van der Waals surface area contributed by atoms with E-state index in [0.29, 0.717) is 12.2 Å². The predicted octanol–water partition coefficient (Wildman–Crippen LogP) is 6.56. The molecule has 3 fully saturated rings. The lowest BCUT2D eigenvalue weighted by Gasteiger charge is -2.33. The maximum absolute atomic E-state index is 13.3. The van der Waals surface area contributed by atoms with Gasteiger partial charge in [0.15, 0.2) is 0 Å². The van der Waals surface area contributed by atoms with E-state index in [9.17, 15) is 9.59 Å². The molecule has 2 aliphatic carbocycles. The molecule has 11 heteroatoms. The van der Waals surface area contributed by atoms with Crippen LogP contribution in [0.2, 0.25) is 0 Å². The molecule has 1 spiro atoms. The van der Waals surface area contributed by atoms with Gasteiger partial charge >= 0.3 is 0 Å². The molecule has 6 aliphatic rings. The summed E-state index contributed by atoms with van der Waals surface area (Å²) in [4.78, 5) is 35.2. The summed E-state index contributed by atoms with van der Waals surface area (Å²) in [5, 5.41) is 10.9. The Morgan fingerprint density at radius 2 is 1.50 bits per heavy atom. The number of nitrogens with two attached hydrogens (primary N) is 3. The second-order valence-corrected chi connectivity index (χ2v) is 18.4. The standard InChI is InChI=1S/C47H61N9O2/c1-26(2)41(49)45(57)55-21-7-9-38(55)44-52-25-37(54-44)33-15-14-31(34-24-51-43(33)34)30-13-12-29(40-32(30)17-20-47(40)18-5-6-19-47)28-11-16-36(35(48)23-28)53-39-10-8-22-56(39)46(58)42(50)27(3)4/h11-16,23-27,38-39,41-42,44,52-54H,5-10,17-22,48-50H2,1-4H3/t38-,39-,41-,42-,44?/m0/s1. The molecule has 11 nitrogen and oxygen atoms in total. The summed E-state index contributed by atoms with van der Waals surface area (Å²) >= 11 is 0. The largest absolute Gasteiger partial charge is 0.397 e. The van der Waals surface area contributed by atoms with Crippen LogP contribution in [0.25, 0.3) is 28.0 Å². The van der Waals surface area contributed by atoms with Gasteiger partial charge in [0, 0.05) is 36.6 Å². The van der Waals surface area contributed by atoms with Crippen LogP contribution in [0, 0.1) is 11.8 Å². The minimum Gasteiger partial charge on any atom is -0.397 e. The smallest absolute Gasteiger partial charge is 0.241 e. The van der Waals surface area contributed by atoms with Gasteiger partial charge in [0.25, 0.3) is 0 Å². The predicted molar refractivity (Wildman–Crippen MR) is 234 cm³/mol. The van der Waals surface area contributed by atoms with E-state index in [2.05, 4.69) is 58.4 Å². The SMILES string of the molecule is CC(C)[C@H](N)C(=O)N1CCC[C@H]1Nc1ccc(-c2ccc(-c3ccc(C4=CNC([C@@H]5CCCN5C(=O)[C@@H](N)C(C)C)N4)c4c3C=N4)c3c2C2(CCCC2)CC3)cc1N. The number of fused-ring (bicyclic) bond motifs is 3. The number of carbonyl (C=O) groups excluding carboxylic acids is 2. The molecule has 0 bridgehead atoms. The van der Waals surface area contributed by atoms with E-state index in [-0.39, 0.29) is 47.4 Å². The van der Waals surface area contributed by atoms with E-state index in [1.165, 1.54) is 65.5 Å². The van der Waals surface area contributed by atoms with Crippen LogP contribution in [0.3, 0.4) is 0 Å². The molecule has 0 radical (unpaired) electrons. The number of hydrogen-bond acceptors (Lipinski definition) is 9. The molecular weight excluding hydrogens is 723 g/mol. The van der Waals surface area contributed by atoms with Gasteiger partial charge in [0.2, 0.25) is 11.8 Å². The first-order valence-electron chi connectivity index (χ1n) is 21.9. The summed E-state index contributed by atoms with van der Waals surface area (Å²) in [5.41, 5.74) is 33.3. The molecule has 2 amide bonds. The van der Waals surface area contributed by atoms with Crippen molar-refractivity contribution in [1.82, 2.24) is 20.4 Å². The molecule has 9 rings (SSSR count). The Kier molecular flexibility index (Phi) is 10.0. The zero-order valence-corrected chi connectivity index (χ0v) is 34.6. The number of likely N-dealkylation sites (tertiary alicyclic amines) is 2. The van der Waals surface area contributed by atoms with Crippen LogP contribution < -0.4 is 33.2 Å². The van der Waals surface area contributed by atoms with E-state index in [0.717, 1.165) is 66.8 Å². The van der Waals surface area contributed by atoms with Gasteiger partial charge in [-0.1, -0.05) is 70.9 Å². The van der Waals surface area contributed by atoms with Gasteiger partial charge < -0.3 is 43.0 Å². The zero-order valence-electron chi connectivity index (χ0n) is 34.6. The number of amides is 2. The highest BCUT2D eigenvalue weighted by Gasteiger charge is 2.44. The van der Waals surface area contributed by atoms with Crippen LogP contribution in [0.4, 0.5) is 17.1 Å². The average molecular weight is 784 g/mol. The Balaban J connectivity index is 0.984. The van der Waals surface area contributed by atoms with E-state index in [4.69, 9.17) is 22.2 Å². The van der Waals surface area contributed by atoms with Crippen molar-refractivity contribution in [1.29, 1.82) is 0 Å². The number of nitrogen functional groups attached to an aromatic ring is 1. The minimum absolute atomic E-state index is 0.000481. The van der Waals surface area contributed by atoms with Gasteiger partial charge in [-0.05, 0) is 114 Å². The molecule has 5 atom stereocenters. The Bertz CT molecular complexity index is 2190.